The maximum atomic E-state index is 5.52. The van der Waals surface area contributed by atoms with Crippen molar-refractivity contribution in [1.82, 2.24) is 0 Å². The molecule has 0 fully saturated rings. The predicted molar refractivity (Wildman–Crippen MR) is 38.8 cm³/mol. The molecule has 1 radical (unpaired) electrons. The first-order valence-electron chi connectivity index (χ1n) is 2.01. The average molecular weight is 138 g/mol. The molecule has 0 saturated heterocycles. The number of hydrogen-bond acceptors (Lipinski definition) is 0. The van der Waals surface area contributed by atoms with Crippen LogP contribution in [0.3, 0.4) is 0 Å². The Hall–Kier alpha value is 0.276. The summed E-state index contributed by atoms with van der Waals surface area (Å²) in [5.41, 5.74) is 0. The maximum Gasteiger partial charge on any atom is 0.316 e. The van der Waals surface area contributed by atoms with Gasteiger partial charge in [-0.2, -0.15) is 0 Å². The molecule has 0 amide bonds. The molecule has 0 aliphatic carbocycles. The molecule has 0 nitrogen and oxygen atoms in total. The van der Waals surface area contributed by atoms with E-state index in [4.69, 9.17) is 11.6 Å². The first-order valence-corrected chi connectivity index (χ1v) is 2.39. The van der Waals surface area contributed by atoms with Crippen molar-refractivity contribution < 1.29 is 0 Å². The standard InChI is InChI=1S/C6H4Cl.Mg.2H/c7-6-4-2-1-3-5-6;;;/h2-5H;;;. The van der Waals surface area contributed by atoms with E-state index in [9.17, 15) is 0 Å². The van der Waals surface area contributed by atoms with Crippen LogP contribution in [0.25, 0.3) is 0 Å². The second-order valence-electron chi connectivity index (χ2n) is 1.22. The van der Waals surface area contributed by atoms with Crippen molar-refractivity contribution in [3.05, 3.63) is 35.4 Å². The van der Waals surface area contributed by atoms with Crippen LogP contribution in [0.5, 0.6) is 0 Å². The molecule has 1 aromatic rings. The van der Waals surface area contributed by atoms with E-state index in [-0.39, 0.29) is 23.1 Å². The summed E-state index contributed by atoms with van der Waals surface area (Å²) in [6.45, 7) is 0. The minimum Gasteiger partial charge on any atom is -0.0843 e. The van der Waals surface area contributed by atoms with Crippen molar-refractivity contribution in [1.29, 1.82) is 0 Å². The second-order valence-corrected chi connectivity index (χ2v) is 1.65. The van der Waals surface area contributed by atoms with Gasteiger partial charge in [-0.25, -0.2) is 0 Å². The van der Waals surface area contributed by atoms with E-state index in [1.54, 1.807) is 24.3 Å². The Morgan fingerprint density at radius 1 is 1.25 bits per heavy atom. The lowest BCUT2D eigenvalue weighted by Crippen LogP contribution is -1.56. The van der Waals surface area contributed by atoms with Gasteiger partial charge in [-0.3, -0.25) is 0 Å². The van der Waals surface area contributed by atoms with Crippen molar-refractivity contribution >= 4 is 34.7 Å². The number of rotatable bonds is 0. The molecule has 0 N–H and O–H groups in total. The summed E-state index contributed by atoms with van der Waals surface area (Å²) in [4.78, 5) is 0. The van der Waals surface area contributed by atoms with Crippen LogP contribution < -0.4 is 0 Å². The molecule has 1 aromatic carbocycles. The molecule has 39 valence electrons. The molecule has 0 heterocycles. The molecule has 0 aliphatic rings. The summed E-state index contributed by atoms with van der Waals surface area (Å²) in [6, 6.07) is 10.00. The van der Waals surface area contributed by atoms with Gasteiger partial charge >= 0.3 is 23.1 Å². The molecule has 8 heavy (non-hydrogen) atoms. The zero-order valence-electron chi connectivity index (χ0n) is 3.69. The van der Waals surface area contributed by atoms with Gasteiger partial charge in [-0.1, -0.05) is 23.7 Å². The Labute approximate surface area is 70.0 Å². The van der Waals surface area contributed by atoms with E-state index < -0.39 is 0 Å². The van der Waals surface area contributed by atoms with Crippen LogP contribution in [0.15, 0.2) is 24.3 Å². The Kier molecular flexibility index (Phi) is 4.33. The van der Waals surface area contributed by atoms with Crippen molar-refractivity contribution in [2.45, 2.75) is 0 Å². The van der Waals surface area contributed by atoms with E-state index in [1.165, 1.54) is 0 Å². The minimum atomic E-state index is 0. The summed E-state index contributed by atoms with van der Waals surface area (Å²) >= 11 is 5.52. The van der Waals surface area contributed by atoms with Crippen LogP contribution in [0.4, 0.5) is 0 Å². The van der Waals surface area contributed by atoms with Crippen LogP contribution in [0, 0.1) is 6.07 Å². The normalized spacial score (nSPS) is 7.62. The highest BCUT2D eigenvalue weighted by atomic mass is 35.5. The first-order chi connectivity index (χ1) is 3.39. The zero-order valence-corrected chi connectivity index (χ0v) is 4.44. The topological polar surface area (TPSA) is 0 Å². The van der Waals surface area contributed by atoms with Crippen molar-refractivity contribution in [3.8, 4) is 0 Å². The summed E-state index contributed by atoms with van der Waals surface area (Å²) in [6.07, 6.45) is 0. The molecule has 1 rings (SSSR count). The lowest BCUT2D eigenvalue weighted by molar-refractivity contribution is 1.69. The third kappa shape index (κ3) is 2.55. The quantitative estimate of drug-likeness (QED) is 0.472. The SMILES string of the molecule is Clc1cc[c]cc1.[MgH2]. The summed E-state index contributed by atoms with van der Waals surface area (Å²) in [5, 5.41) is 0.763. The van der Waals surface area contributed by atoms with Gasteiger partial charge in [0.2, 0.25) is 0 Å². The second kappa shape index (κ2) is 4.18. The van der Waals surface area contributed by atoms with Crippen molar-refractivity contribution in [2.75, 3.05) is 0 Å². The Morgan fingerprint density at radius 3 is 2.00 bits per heavy atom. The van der Waals surface area contributed by atoms with E-state index in [1.807, 2.05) is 0 Å². The van der Waals surface area contributed by atoms with E-state index >= 15 is 0 Å². The number of hydrogen-bond donors (Lipinski definition) is 0. The summed E-state index contributed by atoms with van der Waals surface area (Å²) in [5.74, 6) is 0. The molecule has 0 bridgehead atoms. The molecular weight excluding hydrogens is 132 g/mol. The van der Waals surface area contributed by atoms with Gasteiger partial charge in [0.15, 0.2) is 0 Å². The van der Waals surface area contributed by atoms with Gasteiger partial charge in [-0.05, 0) is 18.2 Å². The van der Waals surface area contributed by atoms with E-state index in [2.05, 4.69) is 6.07 Å². The van der Waals surface area contributed by atoms with Gasteiger partial charge in [0.05, 0.1) is 0 Å². The highest BCUT2D eigenvalue weighted by Gasteiger charge is 1.75. The number of halogens is 1. The van der Waals surface area contributed by atoms with Crippen molar-refractivity contribution in [3.63, 3.8) is 0 Å². The molecule has 0 aromatic heterocycles. The lowest BCUT2D eigenvalue weighted by Gasteiger charge is -1.79. The van der Waals surface area contributed by atoms with E-state index in [0.29, 0.717) is 0 Å². The highest BCUT2D eigenvalue weighted by Crippen LogP contribution is 2.03. The Bertz CT molecular complexity index is 138. The van der Waals surface area contributed by atoms with Crippen LogP contribution in [-0.2, 0) is 0 Å². The highest BCUT2D eigenvalue weighted by molar-refractivity contribution is 6.30. The molecular formula is C6H6ClMg. The van der Waals surface area contributed by atoms with Gasteiger partial charge in [0, 0.05) is 5.02 Å². The molecule has 2 heteroatoms. The fourth-order valence-electron chi connectivity index (χ4n) is 0.367. The zero-order chi connectivity index (χ0) is 5.11. The minimum absolute atomic E-state index is 0. The predicted octanol–water partition coefficient (Wildman–Crippen LogP) is 1.22. The third-order valence-electron chi connectivity index (χ3n) is 0.678. The van der Waals surface area contributed by atoms with Gasteiger partial charge in [0.1, 0.15) is 0 Å². The van der Waals surface area contributed by atoms with Crippen LogP contribution in [0.2, 0.25) is 5.02 Å². The largest absolute Gasteiger partial charge is 0.316 e. The summed E-state index contributed by atoms with van der Waals surface area (Å²) < 4.78 is 0. The van der Waals surface area contributed by atoms with Crippen LogP contribution >= 0.6 is 11.6 Å². The Morgan fingerprint density at radius 2 is 1.75 bits per heavy atom. The summed E-state index contributed by atoms with van der Waals surface area (Å²) in [7, 11) is 0. The fourth-order valence-corrected chi connectivity index (χ4v) is 0.493. The molecule has 0 spiro atoms. The molecule has 0 atom stereocenters. The molecule has 0 saturated carbocycles. The lowest BCUT2D eigenvalue weighted by atomic mass is 10.4. The Balaban J connectivity index is 0.000000490. The van der Waals surface area contributed by atoms with Crippen LogP contribution in [-0.4, -0.2) is 23.1 Å². The van der Waals surface area contributed by atoms with Gasteiger partial charge in [-0.15, -0.1) is 0 Å². The smallest absolute Gasteiger partial charge is 0.0843 e. The monoisotopic (exact) mass is 137 g/mol. The average Bonchev–Trinajstić information content (AvgIpc) is 1.69. The number of benzene rings is 1. The first kappa shape index (κ1) is 8.28. The fraction of sp³-hybridized carbons (Fsp3) is 0. The molecule has 0 unspecified atom stereocenters. The van der Waals surface area contributed by atoms with Gasteiger partial charge in [0.25, 0.3) is 0 Å². The maximum absolute atomic E-state index is 5.52. The van der Waals surface area contributed by atoms with Crippen molar-refractivity contribution in [2.24, 2.45) is 0 Å². The molecule has 0 aliphatic heterocycles. The van der Waals surface area contributed by atoms with Crippen LogP contribution in [0.1, 0.15) is 0 Å². The third-order valence-corrected chi connectivity index (χ3v) is 0.930. The van der Waals surface area contributed by atoms with Gasteiger partial charge < -0.3 is 0 Å². The van der Waals surface area contributed by atoms with E-state index in [0.717, 1.165) is 5.02 Å².